The Kier molecular flexibility index (Phi) is 6.87. The molecule has 1 aliphatic carbocycles. The third kappa shape index (κ3) is 4.98. The Morgan fingerprint density at radius 2 is 1.88 bits per heavy atom. The van der Waals surface area contributed by atoms with Gasteiger partial charge in [-0.2, -0.15) is 0 Å². The lowest BCUT2D eigenvalue weighted by atomic mass is 9.91. The van der Waals surface area contributed by atoms with Gasteiger partial charge >= 0.3 is 6.03 Å². The molecule has 4 heterocycles. The first kappa shape index (κ1) is 25.5. The van der Waals surface area contributed by atoms with Crippen LogP contribution in [0.3, 0.4) is 0 Å². The van der Waals surface area contributed by atoms with Crippen LogP contribution in [0.2, 0.25) is 0 Å². The number of hydrogen-bond donors (Lipinski definition) is 3. The van der Waals surface area contributed by atoms with Crippen LogP contribution in [0.25, 0.3) is 10.2 Å². The SMILES string of the molecule is C=CC(=O)N[C@H]1CCCC(NC(=O)c2sc3nccc4c3c2NC(=O)N4c2ccc(Oc3ccccc3)nc2)C1. The van der Waals surface area contributed by atoms with Crippen molar-refractivity contribution in [1.82, 2.24) is 20.6 Å². The summed E-state index contributed by atoms with van der Waals surface area (Å²) >= 11 is 1.23. The van der Waals surface area contributed by atoms with Crippen LogP contribution in [0.4, 0.5) is 21.9 Å². The predicted octanol–water partition coefficient (Wildman–Crippen LogP) is 5.51. The van der Waals surface area contributed by atoms with Crippen molar-refractivity contribution >= 4 is 56.5 Å². The highest BCUT2D eigenvalue weighted by molar-refractivity contribution is 7.21. The molecular weight excluding hydrogens is 528 g/mol. The summed E-state index contributed by atoms with van der Waals surface area (Å²) in [6.07, 6.45) is 7.63. The van der Waals surface area contributed by atoms with Gasteiger partial charge in [0, 0.05) is 24.3 Å². The molecule has 3 aromatic heterocycles. The zero-order valence-corrected chi connectivity index (χ0v) is 22.2. The summed E-state index contributed by atoms with van der Waals surface area (Å²) in [4.78, 5) is 49.9. The molecule has 0 saturated heterocycles. The topological polar surface area (TPSA) is 126 Å². The third-order valence-electron chi connectivity index (χ3n) is 6.94. The van der Waals surface area contributed by atoms with Crippen LogP contribution in [0.1, 0.15) is 35.4 Å². The number of pyridine rings is 2. The van der Waals surface area contributed by atoms with Gasteiger partial charge in [-0.25, -0.2) is 14.8 Å². The van der Waals surface area contributed by atoms with Crippen LogP contribution in [0.15, 0.2) is 73.6 Å². The van der Waals surface area contributed by atoms with Crippen molar-refractivity contribution in [1.29, 1.82) is 0 Å². The quantitative estimate of drug-likeness (QED) is 0.259. The van der Waals surface area contributed by atoms with E-state index in [9.17, 15) is 14.4 Å². The van der Waals surface area contributed by atoms with Crippen molar-refractivity contribution in [3.8, 4) is 11.6 Å². The second-order valence-corrected chi connectivity index (χ2v) is 10.6. The molecule has 0 bridgehead atoms. The number of benzene rings is 1. The molecule has 1 aromatic carbocycles. The van der Waals surface area contributed by atoms with Crippen LogP contribution in [0.5, 0.6) is 11.6 Å². The summed E-state index contributed by atoms with van der Waals surface area (Å²) in [7, 11) is 0. The molecule has 0 spiro atoms. The maximum Gasteiger partial charge on any atom is 0.331 e. The molecule has 3 N–H and O–H groups in total. The van der Waals surface area contributed by atoms with Crippen molar-refractivity contribution in [3.05, 3.63) is 78.5 Å². The minimum absolute atomic E-state index is 0.0232. The van der Waals surface area contributed by atoms with Crippen molar-refractivity contribution in [2.75, 3.05) is 10.2 Å². The molecule has 202 valence electrons. The van der Waals surface area contributed by atoms with Crippen LogP contribution in [-0.2, 0) is 4.79 Å². The van der Waals surface area contributed by atoms with E-state index in [1.54, 1.807) is 30.6 Å². The molecule has 0 radical (unpaired) electrons. The number of nitrogens with one attached hydrogen (secondary N) is 3. The number of para-hydroxylation sites is 1. The Balaban J connectivity index is 1.24. The second-order valence-electron chi connectivity index (χ2n) is 9.60. The average Bonchev–Trinajstić information content (AvgIpc) is 3.34. The number of carbonyl (C=O) groups excluding carboxylic acids is 3. The van der Waals surface area contributed by atoms with Crippen LogP contribution in [0, 0.1) is 0 Å². The molecule has 40 heavy (non-hydrogen) atoms. The van der Waals surface area contributed by atoms with Gasteiger partial charge in [-0.05, 0) is 56.0 Å². The van der Waals surface area contributed by atoms with E-state index in [0.717, 1.165) is 19.3 Å². The first-order chi connectivity index (χ1) is 19.5. The molecule has 4 aromatic rings. The number of thiophene rings is 1. The fraction of sp³-hybridized carbons (Fsp3) is 0.207. The van der Waals surface area contributed by atoms with Gasteiger partial charge in [-0.3, -0.25) is 14.5 Å². The van der Waals surface area contributed by atoms with Crippen molar-refractivity contribution in [2.45, 2.75) is 37.8 Å². The normalized spacial score (nSPS) is 18.1. The van der Waals surface area contributed by atoms with Crippen molar-refractivity contribution in [3.63, 3.8) is 0 Å². The summed E-state index contributed by atoms with van der Waals surface area (Å²) in [6.45, 7) is 3.50. The maximum atomic E-state index is 13.4. The van der Waals surface area contributed by atoms with Crippen LogP contribution < -0.4 is 25.6 Å². The van der Waals surface area contributed by atoms with Crippen LogP contribution in [-0.4, -0.2) is 39.9 Å². The van der Waals surface area contributed by atoms with Gasteiger partial charge in [-0.1, -0.05) is 24.8 Å². The Labute approximate surface area is 234 Å². The zero-order valence-electron chi connectivity index (χ0n) is 21.4. The molecular formula is C29H26N6O4S. The van der Waals surface area contributed by atoms with E-state index in [2.05, 4.69) is 32.5 Å². The molecule has 6 rings (SSSR count). The highest BCUT2D eigenvalue weighted by atomic mass is 32.1. The lowest BCUT2D eigenvalue weighted by Crippen LogP contribution is -2.45. The van der Waals surface area contributed by atoms with Gasteiger partial charge in [-0.15, -0.1) is 11.3 Å². The first-order valence-electron chi connectivity index (χ1n) is 13.0. The predicted molar refractivity (Wildman–Crippen MR) is 153 cm³/mol. The van der Waals surface area contributed by atoms with Gasteiger partial charge in [0.2, 0.25) is 11.8 Å². The number of urea groups is 1. The van der Waals surface area contributed by atoms with Crippen molar-refractivity contribution in [2.24, 2.45) is 0 Å². The summed E-state index contributed by atoms with van der Waals surface area (Å²) in [6, 6.07) is 14.0. The number of nitrogens with zero attached hydrogens (tertiary/aromatic N) is 3. The molecule has 1 saturated carbocycles. The maximum absolute atomic E-state index is 13.4. The lowest BCUT2D eigenvalue weighted by Gasteiger charge is -2.30. The summed E-state index contributed by atoms with van der Waals surface area (Å²) in [5, 5.41) is 9.62. The first-order valence-corrected chi connectivity index (χ1v) is 13.8. The minimum Gasteiger partial charge on any atom is -0.439 e. The van der Waals surface area contributed by atoms with E-state index in [1.807, 2.05) is 30.3 Å². The smallest absolute Gasteiger partial charge is 0.331 e. The fourth-order valence-corrected chi connectivity index (χ4v) is 6.16. The molecule has 2 atom stereocenters. The lowest BCUT2D eigenvalue weighted by molar-refractivity contribution is -0.117. The fourth-order valence-electron chi connectivity index (χ4n) is 5.14. The van der Waals surface area contributed by atoms with Gasteiger partial charge in [0.15, 0.2) is 0 Å². The van der Waals surface area contributed by atoms with Gasteiger partial charge in [0.05, 0.1) is 28.6 Å². The number of ether oxygens (including phenoxy) is 1. The Morgan fingerprint density at radius 1 is 1.07 bits per heavy atom. The number of carbonyl (C=O) groups is 3. The van der Waals surface area contributed by atoms with E-state index < -0.39 is 6.03 Å². The number of aromatic nitrogens is 2. The van der Waals surface area contributed by atoms with Gasteiger partial charge in [0.25, 0.3) is 5.91 Å². The van der Waals surface area contributed by atoms with E-state index in [-0.39, 0.29) is 23.9 Å². The Bertz CT molecular complexity index is 1600. The highest BCUT2D eigenvalue weighted by Crippen LogP contribution is 2.45. The number of rotatable bonds is 7. The van der Waals surface area contributed by atoms with Gasteiger partial charge in [0.1, 0.15) is 15.5 Å². The van der Waals surface area contributed by atoms with Gasteiger partial charge < -0.3 is 20.7 Å². The van der Waals surface area contributed by atoms with E-state index >= 15 is 0 Å². The Morgan fingerprint density at radius 3 is 2.62 bits per heavy atom. The summed E-state index contributed by atoms with van der Waals surface area (Å²) in [5.41, 5.74) is 1.61. The number of anilines is 3. The summed E-state index contributed by atoms with van der Waals surface area (Å²) < 4.78 is 5.78. The van der Waals surface area contributed by atoms with Crippen LogP contribution >= 0.6 is 11.3 Å². The van der Waals surface area contributed by atoms with E-state index in [0.29, 0.717) is 50.2 Å². The standard InChI is InChI=1S/C29H26N6O4S/c1-2-22(36)32-17-7-6-8-18(15-17)33-27(37)26-25-24-21(13-14-30-28(24)40-26)35(29(38)34-25)19-11-12-23(31-16-19)39-20-9-4-3-5-10-20/h2-5,9-14,16-18H,1,6-8,15H2,(H,32,36)(H,33,37)(H,34,38)/t17-,18?/m0/s1. The number of amides is 4. The third-order valence-corrected chi connectivity index (χ3v) is 8.03. The molecule has 11 heteroatoms. The summed E-state index contributed by atoms with van der Waals surface area (Å²) in [5.74, 6) is 0.567. The monoisotopic (exact) mass is 554 g/mol. The zero-order chi connectivity index (χ0) is 27.6. The average molecular weight is 555 g/mol. The molecule has 2 aliphatic rings. The van der Waals surface area contributed by atoms with E-state index in [4.69, 9.17) is 4.74 Å². The van der Waals surface area contributed by atoms with E-state index in [1.165, 1.54) is 22.3 Å². The second kappa shape index (κ2) is 10.8. The molecule has 4 amide bonds. The minimum atomic E-state index is -0.407. The number of hydrogen-bond acceptors (Lipinski definition) is 7. The molecule has 1 fully saturated rings. The highest BCUT2D eigenvalue weighted by Gasteiger charge is 2.34. The molecule has 1 aliphatic heterocycles. The largest absolute Gasteiger partial charge is 0.439 e. The van der Waals surface area contributed by atoms with Crippen molar-refractivity contribution < 1.29 is 19.1 Å². The molecule has 1 unspecified atom stereocenters. The molecule has 10 nitrogen and oxygen atoms in total. The Hall–Kier alpha value is -4.77.